The Morgan fingerprint density at radius 3 is 2.93 bits per heavy atom. The van der Waals surface area contributed by atoms with E-state index >= 15 is 0 Å². The molecule has 2 heterocycles. The number of ether oxygens (including phenoxy) is 1. The average Bonchev–Trinajstić information content (AvgIpc) is 3.18. The van der Waals surface area contributed by atoms with Crippen LogP contribution in [0, 0.1) is 0 Å². The van der Waals surface area contributed by atoms with E-state index in [4.69, 9.17) is 32.4 Å². The van der Waals surface area contributed by atoms with Crippen molar-refractivity contribution in [3.05, 3.63) is 58.4 Å². The van der Waals surface area contributed by atoms with Crippen LogP contribution in [0.1, 0.15) is 37.5 Å². The van der Waals surface area contributed by atoms with E-state index in [2.05, 4.69) is 4.98 Å². The van der Waals surface area contributed by atoms with Crippen molar-refractivity contribution in [1.82, 2.24) is 9.88 Å². The van der Waals surface area contributed by atoms with Gasteiger partial charge in [-0.1, -0.05) is 41.4 Å². The summed E-state index contributed by atoms with van der Waals surface area (Å²) in [5.41, 5.74) is 1.66. The number of aromatic nitrogens is 1. The first-order valence-corrected chi connectivity index (χ1v) is 10.6. The van der Waals surface area contributed by atoms with Crippen LogP contribution in [0.4, 0.5) is 0 Å². The molecule has 1 unspecified atom stereocenters. The molecule has 0 N–H and O–H groups in total. The summed E-state index contributed by atoms with van der Waals surface area (Å²) in [5, 5.41) is 0.858. The number of amides is 1. The van der Waals surface area contributed by atoms with Crippen molar-refractivity contribution in [1.29, 1.82) is 0 Å². The lowest BCUT2D eigenvalue weighted by Gasteiger charge is -2.31. The molecule has 152 valence electrons. The van der Waals surface area contributed by atoms with Gasteiger partial charge < -0.3 is 14.1 Å². The van der Waals surface area contributed by atoms with E-state index in [9.17, 15) is 4.79 Å². The summed E-state index contributed by atoms with van der Waals surface area (Å²) in [5.74, 6) is 1.54. The number of oxazole rings is 1. The molecule has 3 aromatic rings. The van der Waals surface area contributed by atoms with Gasteiger partial charge in [-0.05, 0) is 43.5 Å². The molecule has 0 spiro atoms. The first-order valence-electron chi connectivity index (χ1n) is 9.82. The number of nitrogens with zero attached hydrogens (tertiary/aromatic N) is 2. The third-order valence-electron chi connectivity index (χ3n) is 5.14. The zero-order valence-corrected chi connectivity index (χ0v) is 17.5. The summed E-state index contributed by atoms with van der Waals surface area (Å²) < 4.78 is 11.6. The van der Waals surface area contributed by atoms with Crippen LogP contribution >= 0.6 is 23.2 Å². The lowest BCUT2D eigenvalue weighted by molar-refractivity contribution is -0.132. The third kappa shape index (κ3) is 4.68. The number of para-hydroxylation sites is 2. The van der Waals surface area contributed by atoms with Crippen LogP contribution < -0.4 is 4.74 Å². The second-order valence-electron chi connectivity index (χ2n) is 7.20. The molecule has 1 aliphatic rings. The van der Waals surface area contributed by atoms with Crippen LogP contribution in [0.25, 0.3) is 11.1 Å². The van der Waals surface area contributed by atoms with Gasteiger partial charge in [0.05, 0.1) is 17.5 Å². The number of hydrogen-bond acceptors (Lipinski definition) is 4. The summed E-state index contributed by atoms with van der Waals surface area (Å²) in [4.78, 5) is 19.2. The highest BCUT2D eigenvalue weighted by Gasteiger charge is 2.27. The fourth-order valence-corrected chi connectivity index (χ4v) is 3.98. The van der Waals surface area contributed by atoms with Gasteiger partial charge in [-0.15, -0.1) is 0 Å². The van der Waals surface area contributed by atoms with Crippen molar-refractivity contribution >= 4 is 40.2 Å². The second kappa shape index (κ2) is 9.06. The first kappa shape index (κ1) is 20.0. The van der Waals surface area contributed by atoms with E-state index in [0.717, 1.165) is 36.4 Å². The van der Waals surface area contributed by atoms with Crippen LogP contribution in [0.15, 0.2) is 46.9 Å². The number of hydrogen-bond donors (Lipinski definition) is 0. The van der Waals surface area contributed by atoms with Gasteiger partial charge in [-0.25, -0.2) is 4.98 Å². The Morgan fingerprint density at radius 2 is 2.07 bits per heavy atom. The number of likely N-dealkylation sites (tertiary alicyclic amines) is 1. The maximum Gasteiger partial charge on any atom is 0.222 e. The maximum atomic E-state index is 12.7. The minimum atomic E-state index is 0.131. The number of carbonyl (C=O) groups is 1. The molecule has 1 fully saturated rings. The Kier molecular flexibility index (Phi) is 6.26. The molecule has 5 nitrogen and oxygen atoms in total. The molecule has 1 amide bonds. The largest absolute Gasteiger partial charge is 0.492 e. The van der Waals surface area contributed by atoms with Gasteiger partial charge in [0.1, 0.15) is 16.3 Å². The Labute approximate surface area is 179 Å². The minimum Gasteiger partial charge on any atom is -0.492 e. The van der Waals surface area contributed by atoms with E-state index in [0.29, 0.717) is 41.8 Å². The molecule has 4 rings (SSSR count). The number of fused-ring (bicyclic) bond motifs is 1. The minimum absolute atomic E-state index is 0.131. The Balaban J connectivity index is 1.29. The van der Waals surface area contributed by atoms with Crippen molar-refractivity contribution in [3.63, 3.8) is 0 Å². The molecule has 0 radical (unpaired) electrons. The van der Waals surface area contributed by atoms with Crippen molar-refractivity contribution in [2.75, 3.05) is 19.7 Å². The van der Waals surface area contributed by atoms with Gasteiger partial charge in [0, 0.05) is 19.5 Å². The van der Waals surface area contributed by atoms with E-state index in [1.54, 1.807) is 18.2 Å². The predicted octanol–water partition coefficient (Wildman–Crippen LogP) is 5.70. The van der Waals surface area contributed by atoms with Gasteiger partial charge in [0.25, 0.3) is 0 Å². The van der Waals surface area contributed by atoms with Gasteiger partial charge in [0.15, 0.2) is 11.5 Å². The lowest BCUT2D eigenvalue weighted by Crippen LogP contribution is -2.39. The van der Waals surface area contributed by atoms with Crippen LogP contribution in [-0.2, 0) is 4.79 Å². The summed E-state index contributed by atoms with van der Waals surface area (Å²) in [7, 11) is 0. The Hall–Kier alpha value is -2.24. The number of halogens is 2. The van der Waals surface area contributed by atoms with Crippen molar-refractivity contribution < 1.29 is 13.9 Å². The molecular weight excluding hydrogens is 411 g/mol. The zero-order valence-electron chi connectivity index (χ0n) is 15.9. The molecular formula is C22H22Cl2N2O3. The molecule has 0 aliphatic carbocycles. The van der Waals surface area contributed by atoms with Gasteiger partial charge in [0.2, 0.25) is 5.91 Å². The number of carbonyl (C=O) groups excluding carboxylic acids is 1. The van der Waals surface area contributed by atoms with E-state index < -0.39 is 0 Å². The highest BCUT2D eigenvalue weighted by Crippen LogP contribution is 2.32. The molecule has 2 aromatic carbocycles. The molecule has 1 aliphatic heterocycles. The quantitative estimate of drug-likeness (QED) is 0.468. The summed E-state index contributed by atoms with van der Waals surface area (Å²) in [6.45, 7) is 1.83. The molecule has 29 heavy (non-hydrogen) atoms. The summed E-state index contributed by atoms with van der Waals surface area (Å²) in [6.07, 6.45) is 2.97. The van der Waals surface area contributed by atoms with Crippen LogP contribution in [-0.4, -0.2) is 35.5 Å². The highest BCUT2D eigenvalue weighted by molar-refractivity contribution is 6.42. The van der Waals surface area contributed by atoms with Gasteiger partial charge in [-0.3, -0.25) is 4.79 Å². The molecule has 0 saturated carbocycles. The molecule has 1 saturated heterocycles. The topological polar surface area (TPSA) is 55.6 Å². The van der Waals surface area contributed by atoms with Crippen molar-refractivity contribution in [2.45, 2.75) is 31.6 Å². The van der Waals surface area contributed by atoms with Crippen molar-refractivity contribution in [2.24, 2.45) is 0 Å². The summed E-state index contributed by atoms with van der Waals surface area (Å²) >= 11 is 12.1. The number of benzene rings is 2. The third-order valence-corrected chi connectivity index (χ3v) is 5.94. The van der Waals surface area contributed by atoms with E-state index in [1.165, 1.54) is 0 Å². The van der Waals surface area contributed by atoms with Crippen LogP contribution in [0.2, 0.25) is 10.0 Å². The standard InChI is InChI=1S/C22H22Cl2N2O3/c23-16-7-3-10-19(21(16)24)28-13-5-11-20(27)26-12-4-6-15(14-26)22-25-17-8-1-2-9-18(17)29-22/h1-3,7-10,15H,4-6,11-14H2. The molecule has 1 aromatic heterocycles. The normalized spacial score (nSPS) is 16.9. The smallest absolute Gasteiger partial charge is 0.222 e. The van der Waals surface area contributed by atoms with Crippen LogP contribution in [0.3, 0.4) is 0 Å². The van der Waals surface area contributed by atoms with E-state index in [-0.39, 0.29) is 11.8 Å². The monoisotopic (exact) mass is 432 g/mol. The second-order valence-corrected chi connectivity index (χ2v) is 7.99. The Bertz CT molecular complexity index is 972. The molecule has 0 bridgehead atoms. The zero-order chi connectivity index (χ0) is 20.2. The van der Waals surface area contributed by atoms with Gasteiger partial charge >= 0.3 is 0 Å². The summed E-state index contributed by atoms with van der Waals surface area (Å²) in [6, 6.07) is 13.0. The Morgan fingerprint density at radius 1 is 1.21 bits per heavy atom. The fraction of sp³-hybridized carbons (Fsp3) is 0.364. The number of rotatable bonds is 6. The maximum absolute atomic E-state index is 12.7. The molecule has 1 atom stereocenters. The number of piperidine rings is 1. The van der Waals surface area contributed by atoms with Crippen molar-refractivity contribution in [3.8, 4) is 5.75 Å². The lowest BCUT2D eigenvalue weighted by atomic mass is 9.97. The SMILES string of the molecule is O=C(CCCOc1cccc(Cl)c1Cl)N1CCCC(c2nc3ccccc3o2)C1. The average molecular weight is 433 g/mol. The first-order chi connectivity index (χ1) is 14.1. The highest BCUT2D eigenvalue weighted by atomic mass is 35.5. The van der Waals surface area contributed by atoms with Crippen LogP contribution in [0.5, 0.6) is 5.75 Å². The van der Waals surface area contributed by atoms with E-state index in [1.807, 2.05) is 29.2 Å². The molecule has 7 heteroatoms. The fourth-order valence-electron chi connectivity index (χ4n) is 3.63. The predicted molar refractivity (Wildman–Crippen MR) is 114 cm³/mol. The van der Waals surface area contributed by atoms with Gasteiger partial charge in [-0.2, -0.15) is 0 Å².